The zero-order chi connectivity index (χ0) is 10.8. The molecule has 0 spiro atoms. The van der Waals surface area contributed by atoms with Crippen LogP contribution in [0.4, 0.5) is 0 Å². The van der Waals surface area contributed by atoms with Gasteiger partial charge in [0.2, 0.25) is 0 Å². The summed E-state index contributed by atoms with van der Waals surface area (Å²) >= 11 is 1.05. The molecule has 0 bridgehead atoms. The van der Waals surface area contributed by atoms with Gasteiger partial charge in [0.25, 0.3) is 10.0 Å². The van der Waals surface area contributed by atoms with Gasteiger partial charge in [-0.3, -0.25) is 0 Å². The Morgan fingerprint density at radius 2 is 2.29 bits per heavy atom. The molecular weight excluding hydrogens is 221 g/mol. The smallest absolute Gasteiger partial charge is 0.253 e. The third kappa shape index (κ3) is 2.10. The van der Waals surface area contributed by atoms with Gasteiger partial charge in [-0.1, -0.05) is 6.92 Å². The van der Waals surface area contributed by atoms with Crippen LogP contribution in [-0.4, -0.2) is 29.9 Å². The number of hydrogen-bond acceptors (Lipinski definition) is 4. The van der Waals surface area contributed by atoms with Gasteiger partial charge in [0.1, 0.15) is 13.6 Å². The van der Waals surface area contributed by atoms with Gasteiger partial charge in [0.15, 0.2) is 4.21 Å². The van der Waals surface area contributed by atoms with Crippen LogP contribution in [0.2, 0.25) is 0 Å². The van der Waals surface area contributed by atoms with Crippen LogP contribution in [0, 0.1) is 0 Å². The lowest BCUT2D eigenvalue weighted by molar-refractivity contribution is 0.409. The number of methoxy groups -OCH3 is 1. The number of hydrogen-bond donors (Lipinski definition) is 1. The van der Waals surface area contributed by atoms with E-state index in [1.54, 1.807) is 12.3 Å². The van der Waals surface area contributed by atoms with Crippen LogP contribution < -0.4 is 14.9 Å². The molecule has 1 aromatic heterocycles. The molecule has 0 aliphatic carbocycles. The minimum Gasteiger partial charge on any atom is -0.495 e. The van der Waals surface area contributed by atoms with Gasteiger partial charge in [0, 0.05) is 6.54 Å². The maximum atomic E-state index is 11.6. The molecule has 1 N–H and O–H groups in total. The van der Waals surface area contributed by atoms with Crippen molar-refractivity contribution in [3.8, 4) is 5.75 Å². The highest BCUT2D eigenvalue weighted by Crippen LogP contribution is 2.26. The van der Waals surface area contributed by atoms with E-state index in [2.05, 4.69) is 4.72 Å². The fraction of sp³-hybridized carbons (Fsp3) is 0.429. The van der Waals surface area contributed by atoms with Gasteiger partial charge in [0.05, 0.1) is 7.11 Å². The fourth-order valence-electron chi connectivity index (χ4n) is 0.984. The van der Waals surface area contributed by atoms with E-state index in [4.69, 9.17) is 12.6 Å². The molecule has 4 nitrogen and oxygen atoms in total. The molecule has 2 radical (unpaired) electrons. The molecule has 0 aliphatic rings. The van der Waals surface area contributed by atoms with Gasteiger partial charge in [-0.25, -0.2) is 13.1 Å². The van der Waals surface area contributed by atoms with Crippen LogP contribution in [-0.2, 0) is 10.0 Å². The van der Waals surface area contributed by atoms with Gasteiger partial charge >= 0.3 is 0 Å². The number of sulfonamides is 1. The normalized spacial score (nSPS) is 11.6. The van der Waals surface area contributed by atoms with Crippen LogP contribution in [0.25, 0.3) is 0 Å². The van der Waals surface area contributed by atoms with E-state index in [0.29, 0.717) is 12.0 Å². The van der Waals surface area contributed by atoms with E-state index in [1.165, 1.54) is 7.11 Å². The number of thiophene rings is 1. The Kier molecular flexibility index (Phi) is 3.57. The molecule has 14 heavy (non-hydrogen) atoms. The number of nitrogens with one attached hydrogen (secondary N) is 1. The first-order valence-electron chi connectivity index (χ1n) is 3.93. The molecule has 7 heteroatoms. The first-order chi connectivity index (χ1) is 6.53. The number of rotatable bonds is 4. The Hall–Kier alpha value is -0.525. The van der Waals surface area contributed by atoms with Crippen molar-refractivity contribution in [3.63, 3.8) is 0 Å². The molecule has 76 valence electrons. The molecule has 1 rings (SSSR count). The molecule has 1 heterocycles. The Labute approximate surface area is 88.7 Å². The first-order valence-corrected chi connectivity index (χ1v) is 6.29. The van der Waals surface area contributed by atoms with Gasteiger partial charge in [-0.15, -0.1) is 11.3 Å². The second kappa shape index (κ2) is 4.33. The molecule has 0 saturated heterocycles. The summed E-state index contributed by atoms with van der Waals surface area (Å²) in [5, 5.41) is 1.54. The van der Waals surface area contributed by atoms with Crippen molar-refractivity contribution in [3.05, 3.63) is 5.38 Å². The lowest BCUT2D eigenvalue weighted by atomic mass is 10.0. The zero-order valence-corrected chi connectivity index (χ0v) is 9.54. The topological polar surface area (TPSA) is 55.4 Å². The van der Waals surface area contributed by atoms with E-state index in [-0.39, 0.29) is 9.96 Å². The third-order valence-electron chi connectivity index (χ3n) is 1.52. The van der Waals surface area contributed by atoms with E-state index in [1.807, 2.05) is 0 Å². The van der Waals surface area contributed by atoms with Gasteiger partial charge in [-0.05, 0) is 10.8 Å². The SMILES string of the molecule is [B]c1csc(S(=O)(=O)NCC)c1OC. The summed E-state index contributed by atoms with van der Waals surface area (Å²) in [6.45, 7) is 2.05. The predicted octanol–water partition coefficient (Wildman–Crippen LogP) is -0.151. The van der Waals surface area contributed by atoms with Crippen molar-refractivity contribution in [2.45, 2.75) is 11.1 Å². The summed E-state index contributed by atoms with van der Waals surface area (Å²) in [4.78, 5) is 0. The van der Waals surface area contributed by atoms with Crippen molar-refractivity contribution in [1.82, 2.24) is 4.72 Å². The minimum absolute atomic E-state index is 0.124. The number of ether oxygens (including phenoxy) is 1. The predicted molar refractivity (Wildman–Crippen MR) is 57.1 cm³/mol. The van der Waals surface area contributed by atoms with Crippen LogP contribution >= 0.6 is 11.3 Å². The summed E-state index contributed by atoms with van der Waals surface area (Å²) in [5.41, 5.74) is 0.342. The Bertz CT molecular complexity index is 413. The van der Waals surface area contributed by atoms with E-state index < -0.39 is 10.0 Å². The van der Waals surface area contributed by atoms with Crippen LogP contribution in [0.3, 0.4) is 0 Å². The van der Waals surface area contributed by atoms with Crippen molar-refractivity contribution < 1.29 is 13.2 Å². The minimum atomic E-state index is -3.47. The van der Waals surface area contributed by atoms with E-state index in [9.17, 15) is 8.42 Å². The first kappa shape index (κ1) is 11.5. The summed E-state index contributed by atoms with van der Waals surface area (Å²) in [7, 11) is 3.46. The highest BCUT2D eigenvalue weighted by atomic mass is 32.2. The molecule has 0 atom stereocenters. The van der Waals surface area contributed by atoms with Crippen molar-refractivity contribution in [1.29, 1.82) is 0 Å². The van der Waals surface area contributed by atoms with Crippen molar-refractivity contribution in [2.24, 2.45) is 0 Å². The second-order valence-corrected chi connectivity index (χ2v) is 5.35. The summed E-state index contributed by atoms with van der Waals surface area (Å²) < 4.78 is 30.6. The van der Waals surface area contributed by atoms with Crippen molar-refractivity contribution in [2.75, 3.05) is 13.7 Å². The molecule has 0 saturated carbocycles. The summed E-state index contributed by atoms with van der Waals surface area (Å²) in [6, 6.07) is 0. The molecular formula is C7H10BNO3S2. The Morgan fingerprint density at radius 3 is 2.79 bits per heavy atom. The van der Waals surface area contributed by atoms with Gasteiger partial charge in [-0.2, -0.15) is 0 Å². The lowest BCUT2D eigenvalue weighted by Gasteiger charge is -2.05. The van der Waals surface area contributed by atoms with E-state index >= 15 is 0 Å². The monoisotopic (exact) mass is 231 g/mol. The third-order valence-corrected chi connectivity index (χ3v) is 4.58. The second-order valence-electron chi connectivity index (χ2n) is 2.51. The van der Waals surface area contributed by atoms with E-state index in [0.717, 1.165) is 11.3 Å². The summed E-state index contributed by atoms with van der Waals surface area (Å²) in [6.07, 6.45) is 0. The van der Waals surface area contributed by atoms with Crippen LogP contribution in [0.1, 0.15) is 6.92 Å². The maximum absolute atomic E-state index is 11.6. The highest BCUT2D eigenvalue weighted by molar-refractivity contribution is 7.91. The molecule has 0 unspecified atom stereocenters. The molecule has 0 aliphatic heterocycles. The Balaban J connectivity index is 3.19. The van der Waals surface area contributed by atoms with Gasteiger partial charge < -0.3 is 4.74 Å². The quantitative estimate of drug-likeness (QED) is 0.733. The zero-order valence-electron chi connectivity index (χ0n) is 7.90. The van der Waals surface area contributed by atoms with Crippen LogP contribution in [0.5, 0.6) is 5.75 Å². The average molecular weight is 231 g/mol. The highest BCUT2D eigenvalue weighted by Gasteiger charge is 2.21. The standard InChI is InChI=1S/C7H10BNO3S2/c1-3-9-14(10,11)7-6(12-2)5(8)4-13-7/h4,9H,3H2,1-2H3. The van der Waals surface area contributed by atoms with Crippen molar-refractivity contribution >= 4 is 34.7 Å². The lowest BCUT2D eigenvalue weighted by Crippen LogP contribution is -2.23. The molecule has 1 aromatic rings. The molecule has 0 amide bonds. The maximum Gasteiger partial charge on any atom is 0.253 e. The Morgan fingerprint density at radius 1 is 1.64 bits per heavy atom. The average Bonchev–Trinajstić information content (AvgIpc) is 2.47. The largest absolute Gasteiger partial charge is 0.495 e. The molecule has 0 aromatic carbocycles. The molecule has 0 fully saturated rings. The summed E-state index contributed by atoms with van der Waals surface area (Å²) in [5.74, 6) is 0.218. The van der Waals surface area contributed by atoms with Crippen LogP contribution in [0.15, 0.2) is 9.59 Å². The fourth-order valence-corrected chi connectivity index (χ4v) is 3.42.